The number of carboxylic acid groups (broad SMARTS) is 1. The van der Waals surface area contributed by atoms with Crippen LogP contribution in [-0.2, 0) is 4.79 Å². The van der Waals surface area contributed by atoms with E-state index in [0.717, 1.165) is 18.7 Å². The summed E-state index contributed by atoms with van der Waals surface area (Å²) in [5.74, 6) is -0.266. The highest BCUT2D eigenvalue weighted by Gasteiger charge is 2.33. The summed E-state index contributed by atoms with van der Waals surface area (Å²) in [6.07, 6.45) is 10.3. The summed E-state index contributed by atoms with van der Waals surface area (Å²) in [6.45, 7) is 2.96. The van der Waals surface area contributed by atoms with Gasteiger partial charge in [-0.25, -0.2) is 9.48 Å². The average Bonchev–Trinajstić information content (AvgIpc) is 2.67. The summed E-state index contributed by atoms with van der Waals surface area (Å²) in [6, 6.07) is 0. The zero-order chi connectivity index (χ0) is 13.4. The molecule has 0 radical (unpaired) electrons. The fourth-order valence-corrected chi connectivity index (χ4v) is 2.04. The highest BCUT2D eigenvalue weighted by molar-refractivity contribution is 5.82. The van der Waals surface area contributed by atoms with Crippen LogP contribution < -0.4 is 10.8 Å². The number of allylic oxidation sites excluding steroid dienone is 1. The largest absolute Gasteiger partial charge is 0.544 e. The van der Waals surface area contributed by atoms with Crippen molar-refractivity contribution in [3.8, 4) is 0 Å². The second-order valence-electron chi connectivity index (χ2n) is 4.38. The van der Waals surface area contributed by atoms with Gasteiger partial charge in [-0.2, -0.15) is 0 Å². The number of hydrogen-bond donors (Lipinski definition) is 1. The molecule has 18 heavy (non-hydrogen) atoms. The van der Waals surface area contributed by atoms with Crippen LogP contribution in [-0.4, -0.2) is 35.9 Å². The molecule has 1 unspecified atom stereocenters. The van der Waals surface area contributed by atoms with Gasteiger partial charge in [-0.15, -0.1) is 0 Å². The number of unbranched alkanes of at least 4 members (excludes halogenated alkanes) is 1. The van der Waals surface area contributed by atoms with Gasteiger partial charge >= 0.3 is 0 Å². The van der Waals surface area contributed by atoms with E-state index in [0.29, 0.717) is 19.5 Å². The molecule has 0 aromatic carbocycles. The van der Waals surface area contributed by atoms with Gasteiger partial charge in [0.15, 0.2) is 0 Å². The van der Waals surface area contributed by atoms with E-state index in [9.17, 15) is 9.90 Å². The van der Waals surface area contributed by atoms with Crippen LogP contribution >= 0.6 is 0 Å². The van der Waals surface area contributed by atoms with Crippen LogP contribution in [0, 0.1) is 0 Å². The Kier molecular flexibility index (Phi) is 5.74. The third kappa shape index (κ3) is 3.78. The van der Waals surface area contributed by atoms with Gasteiger partial charge in [0.2, 0.25) is 5.84 Å². The van der Waals surface area contributed by atoms with Crippen LogP contribution in [0.4, 0.5) is 0 Å². The first-order chi connectivity index (χ1) is 8.64. The summed E-state index contributed by atoms with van der Waals surface area (Å²) in [7, 11) is 0. The van der Waals surface area contributed by atoms with Crippen molar-refractivity contribution in [2.24, 2.45) is 10.7 Å². The number of quaternary nitrogens is 1. The number of aliphatic imine (C=N–C) groups is 1. The first-order valence-electron chi connectivity index (χ1n) is 6.31. The predicted molar refractivity (Wildman–Crippen MR) is 69.3 cm³/mol. The number of aliphatic carboxylic acids is 1. The Morgan fingerprint density at radius 1 is 1.56 bits per heavy atom. The second-order valence-corrected chi connectivity index (χ2v) is 4.38. The summed E-state index contributed by atoms with van der Waals surface area (Å²) in [5, 5.41) is 10.9. The molecule has 1 aliphatic heterocycles. The average molecular weight is 251 g/mol. The Morgan fingerprint density at radius 2 is 2.33 bits per heavy atom. The summed E-state index contributed by atoms with van der Waals surface area (Å²) < 4.78 is 0.190. The van der Waals surface area contributed by atoms with Gasteiger partial charge in [0.25, 0.3) is 0 Å². The minimum atomic E-state index is -1.08. The smallest absolute Gasteiger partial charge is 0.211 e. The molecule has 0 bridgehead atoms. The van der Waals surface area contributed by atoms with E-state index < -0.39 is 5.97 Å². The van der Waals surface area contributed by atoms with Gasteiger partial charge in [0.1, 0.15) is 19.3 Å². The van der Waals surface area contributed by atoms with Gasteiger partial charge in [0.05, 0.1) is 18.6 Å². The Balaban J connectivity index is 2.73. The van der Waals surface area contributed by atoms with Gasteiger partial charge < -0.3 is 15.6 Å². The minimum Gasteiger partial charge on any atom is -0.544 e. The number of hydrogen-bond acceptors (Lipinski definition) is 4. The van der Waals surface area contributed by atoms with Crippen molar-refractivity contribution in [2.75, 3.05) is 19.6 Å². The molecule has 0 saturated heterocycles. The maximum Gasteiger partial charge on any atom is 0.211 e. The van der Waals surface area contributed by atoms with Crippen LogP contribution in [0.3, 0.4) is 0 Å². The molecule has 0 aromatic heterocycles. The highest BCUT2D eigenvalue weighted by atomic mass is 16.4. The van der Waals surface area contributed by atoms with Crippen molar-refractivity contribution in [1.82, 2.24) is 0 Å². The normalized spacial score (nSPS) is 22.7. The molecule has 1 heterocycles. The molecule has 0 amide bonds. The van der Waals surface area contributed by atoms with Crippen LogP contribution in [0.2, 0.25) is 0 Å². The molecular weight excluding hydrogens is 230 g/mol. The first kappa shape index (κ1) is 14.6. The number of amidine groups is 1. The van der Waals surface area contributed by atoms with Crippen LogP contribution in [0.1, 0.15) is 26.2 Å². The van der Waals surface area contributed by atoms with E-state index in [-0.39, 0.29) is 11.0 Å². The first-order valence-corrected chi connectivity index (χ1v) is 6.31. The van der Waals surface area contributed by atoms with E-state index in [2.05, 4.69) is 18.0 Å². The fraction of sp³-hybridized carbons (Fsp3) is 0.538. The molecule has 100 valence electrons. The lowest BCUT2D eigenvalue weighted by Gasteiger charge is -2.32. The third-order valence-corrected chi connectivity index (χ3v) is 2.95. The van der Waals surface area contributed by atoms with Crippen LogP contribution in [0.5, 0.6) is 0 Å². The van der Waals surface area contributed by atoms with Crippen LogP contribution in [0.15, 0.2) is 29.5 Å². The summed E-state index contributed by atoms with van der Waals surface area (Å²) in [5.41, 5.74) is 5.57. The number of carbonyl (C=O) groups is 1. The quantitative estimate of drug-likeness (QED) is 0.492. The fourth-order valence-electron chi connectivity index (χ4n) is 2.04. The van der Waals surface area contributed by atoms with Gasteiger partial charge in [0, 0.05) is 6.54 Å². The topological polar surface area (TPSA) is 78.5 Å². The molecule has 0 aromatic rings. The standard InChI is InChI=1S/C13H21N3O2/c1-2-3-4-5-6-12-15-8-10-16(12,9-7-14)11-13(17)18/h4-5,8,10H,2-3,6-7,9,11,14H2,1H3/b5-4+. The maximum absolute atomic E-state index is 10.9. The van der Waals surface area contributed by atoms with Crippen molar-refractivity contribution < 1.29 is 14.4 Å². The number of nitrogens with zero attached hydrogens (tertiary/aromatic N) is 2. The molecule has 1 aliphatic rings. The van der Waals surface area contributed by atoms with Gasteiger partial charge in [-0.05, 0) is 6.42 Å². The Morgan fingerprint density at radius 3 is 2.94 bits per heavy atom. The monoisotopic (exact) mass is 251 g/mol. The van der Waals surface area contributed by atoms with E-state index in [1.54, 1.807) is 12.4 Å². The zero-order valence-corrected chi connectivity index (χ0v) is 10.8. The highest BCUT2D eigenvalue weighted by Crippen LogP contribution is 2.18. The SMILES string of the molecule is CCC/C=C/CC1=NC=C[N+]1(CCN)CC(=O)[O-]. The lowest BCUT2D eigenvalue weighted by Crippen LogP contribution is -2.54. The Labute approximate surface area is 108 Å². The molecule has 0 fully saturated rings. The van der Waals surface area contributed by atoms with E-state index >= 15 is 0 Å². The van der Waals surface area contributed by atoms with E-state index in [4.69, 9.17) is 5.73 Å². The molecule has 0 spiro atoms. The molecule has 1 atom stereocenters. The number of carbonyl (C=O) groups excluding carboxylic acids is 1. The lowest BCUT2D eigenvalue weighted by molar-refractivity contribution is -0.780. The lowest BCUT2D eigenvalue weighted by atomic mass is 10.2. The van der Waals surface area contributed by atoms with Crippen molar-refractivity contribution in [3.63, 3.8) is 0 Å². The number of rotatable bonds is 8. The Hall–Kier alpha value is -1.46. The van der Waals surface area contributed by atoms with Crippen molar-refractivity contribution in [1.29, 1.82) is 0 Å². The molecule has 5 heteroatoms. The van der Waals surface area contributed by atoms with E-state index in [1.165, 1.54) is 0 Å². The Bertz CT molecular complexity index is 374. The molecule has 1 rings (SSSR count). The van der Waals surface area contributed by atoms with Gasteiger partial charge in [-0.3, -0.25) is 0 Å². The number of nitrogens with two attached hydrogens (primary N) is 1. The molecule has 5 nitrogen and oxygen atoms in total. The third-order valence-electron chi connectivity index (χ3n) is 2.95. The predicted octanol–water partition coefficient (Wildman–Crippen LogP) is 0.142. The second kappa shape index (κ2) is 7.08. The summed E-state index contributed by atoms with van der Waals surface area (Å²) >= 11 is 0. The van der Waals surface area contributed by atoms with E-state index in [1.807, 2.05) is 6.08 Å². The zero-order valence-electron chi connectivity index (χ0n) is 10.8. The van der Waals surface area contributed by atoms with Crippen molar-refractivity contribution in [3.05, 3.63) is 24.6 Å². The van der Waals surface area contributed by atoms with Gasteiger partial charge in [-0.1, -0.05) is 25.5 Å². The molecule has 2 N–H and O–H groups in total. The molecule has 0 aliphatic carbocycles. The van der Waals surface area contributed by atoms with Crippen molar-refractivity contribution >= 4 is 11.8 Å². The maximum atomic E-state index is 10.9. The molecular formula is C13H21N3O2. The van der Waals surface area contributed by atoms with Crippen molar-refractivity contribution in [2.45, 2.75) is 26.2 Å². The minimum absolute atomic E-state index is 0.103. The molecule has 0 saturated carbocycles. The summed E-state index contributed by atoms with van der Waals surface area (Å²) in [4.78, 5) is 15.2. The number of carboxylic acids is 1. The van der Waals surface area contributed by atoms with Crippen LogP contribution in [0.25, 0.3) is 0 Å².